The predicted octanol–water partition coefficient (Wildman–Crippen LogP) is 3.95. The summed E-state index contributed by atoms with van der Waals surface area (Å²) in [5.74, 6) is 3.62. The predicted molar refractivity (Wildman–Crippen MR) is 86.4 cm³/mol. The minimum absolute atomic E-state index is 0.0131. The largest absolute Gasteiger partial charge is 0.309 e. The Morgan fingerprint density at radius 2 is 1.76 bits per heavy atom. The quantitative estimate of drug-likeness (QED) is 0.896. The van der Waals surface area contributed by atoms with Gasteiger partial charge in [-0.1, -0.05) is 13.3 Å². The molecule has 0 radical (unpaired) electrons. The van der Waals surface area contributed by atoms with Gasteiger partial charge in [0.1, 0.15) is 10.3 Å². The number of hydrogen-bond acceptors (Lipinski definition) is 2. The normalized spacial score (nSPS) is 37.1. The molecule has 0 amide bonds. The van der Waals surface area contributed by atoms with Crippen molar-refractivity contribution in [1.82, 2.24) is 9.97 Å². The highest BCUT2D eigenvalue weighted by Crippen LogP contribution is 2.60. The van der Waals surface area contributed by atoms with Crippen molar-refractivity contribution in [1.29, 1.82) is 0 Å². The number of nitrogens with one attached hydrogen (secondary N) is 1. The van der Waals surface area contributed by atoms with Crippen LogP contribution in [0.1, 0.15) is 63.4 Å². The molecule has 4 saturated carbocycles. The monoisotopic (exact) mass is 350 g/mol. The Morgan fingerprint density at radius 3 is 2.29 bits per heavy atom. The van der Waals surface area contributed by atoms with Crippen LogP contribution >= 0.6 is 15.9 Å². The first-order valence-corrected chi connectivity index (χ1v) is 9.18. The molecule has 4 fully saturated rings. The van der Waals surface area contributed by atoms with Gasteiger partial charge in [-0.15, -0.1) is 0 Å². The zero-order valence-corrected chi connectivity index (χ0v) is 14.2. The minimum atomic E-state index is 0.0131. The molecule has 4 aliphatic rings. The van der Waals surface area contributed by atoms with E-state index in [4.69, 9.17) is 4.98 Å². The summed E-state index contributed by atoms with van der Waals surface area (Å²) >= 11 is 3.42. The van der Waals surface area contributed by atoms with Crippen LogP contribution in [0, 0.1) is 17.8 Å². The van der Waals surface area contributed by atoms with Crippen molar-refractivity contribution in [2.45, 2.75) is 63.7 Å². The smallest absolute Gasteiger partial charge is 0.265 e. The first kappa shape index (κ1) is 14.0. The highest BCUT2D eigenvalue weighted by Gasteiger charge is 2.53. The first-order valence-electron chi connectivity index (χ1n) is 8.39. The summed E-state index contributed by atoms with van der Waals surface area (Å²) in [6.45, 7) is 2.14. The molecular weight excluding hydrogens is 328 g/mol. The Bertz CT molecular complexity index is 586. The lowest BCUT2D eigenvalue weighted by atomic mass is 9.49. The van der Waals surface area contributed by atoms with E-state index in [0.717, 1.165) is 42.1 Å². The number of aromatic amines is 1. The molecule has 3 nitrogen and oxygen atoms in total. The van der Waals surface area contributed by atoms with Crippen LogP contribution in [0.4, 0.5) is 0 Å². The molecule has 5 rings (SSSR count). The Hall–Kier alpha value is -0.640. The number of hydrogen-bond donors (Lipinski definition) is 1. The molecule has 4 bridgehead atoms. The number of aryl methyl sites for hydroxylation is 1. The van der Waals surface area contributed by atoms with Gasteiger partial charge in [-0.25, -0.2) is 4.98 Å². The molecular formula is C17H23BrN2O. The number of aromatic nitrogens is 2. The molecule has 0 aliphatic heterocycles. The molecule has 1 heterocycles. The molecule has 1 aromatic heterocycles. The van der Waals surface area contributed by atoms with Gasteiger partial charge in [0, 0.05) is 5.41 Å². The van der Waals surface area contributed by atoms with E-state index in [2.05, 4.69) is 27.8 Å². The van der Waals surface area contributed by atoms with Crippen molar-refractivity contribution in [2.75, 3.05) is 0 Å². The van der Waals surface area contributed by atoms with E-state index < -0.39 is 0 Å². The van der Waals surface area contributed by atoms with Crippen molar-refractivity contribution in [2.24, 2.45) is 17.8 Å². The van der Waals surface area contributed by atoms with E-state index in [-0.39, 0.29) is 11.0 Å². The van der Waals surface area contributed by atoms with Crippen LogP contribution in [0.25, 0.3) is 0 Å². The van der Waals surface area contributed by atoms with E-state index in [1.54, 1.807) is 0 Å². The van der Waals surface area contributed by atoms with Crippen LogP contribution in [-0.4, -0.2) is 9.97 Å². The van der Waals surface area contributed by atoms with Crippen LogP contribution < -0.4 is 5.56 Å². The Kier molecular flexibility index (Phi) is 3.29. The first-order chi connectivity index (χ1) is 10.1. The molecule has 114 valence electrons. The van der Waals surface area contributed by atoms with Gasteiger partial charge < -0.3 is 4.98 Å². The minimum Gasteiger partial charge on any atom is -0.309 e. The van der Waals surface area contributed by atoms with Crippen molar-refractivity contribution in [3.8, 4) is 0 Å². The molecule has 1 aromatic rings. The number of H-pyrrole nitrogens is 1. The van der Waals surface area contributed by atoms with E-state index in [0.29, 0.717) is 4.47 Å². The standard InChI is InChI=1S/C17H23BrN2O/c1-2-3-13-14(18)15(21)20-16(19-13)17-7-10-4-11(8-17)6-12(5-10)9-17/h10-12H,2-9H2,1H3,(H,19,20,21). The second-order valence-corrected chi connectivity index (χ2v) is 8.42. The fraction of sp³-hybridized carbons (Fsp3) is 0.765. The topological polar surface area (TPSA) is 45.8 Å². The van der Waals surface area contributed by atoms with Crippen molar-refractivity contribution < 1.29 is 0 Å². The fourth-order valence-corrected chi connectivity index (χ4v) is 5.95. The van der Waals surface area contributed by atoms with Gasteiger partial charge >= 0.3 is 0 Å². The average molecular weight is 351 g/mol. The summed E-state index contributed by atoms with van der Waals surface area (Å²) in [4.78, 5) is 20.3. The van der Waals surface area contributed by atoms with Crippen molar-refractivity contribution in [3.05, 3.63) is 26.3 Å². The van der Waals surface area contributed by atoms with E-state index >= 15 is 0 Å². The van der Waals surface area contributed by atoms with Gasteiger partial charge in [0.05, 0.1) is 5.69 Å². The Balaban J connectivity index is 1.78. The van der Waals surface area contributed by atoms with E-state index in [1.165, 1.54) is 38.5 Å². The number of nitrogens with zero attached hydrogens (tertiary/aromatic N) is 1. The molecule has 0 unspecified atom stereocenters. The van der Waals surface area contributed by atoms with Crippen molar-refractivity contribution in [3.63, 3.8) is 0 Å². The van der Waals surface area contributed by atoms with Crippen LogP contribution in [0.15, 0.2) is 9.27 Å². The Labute approximate surface area is 134 Å². The summed E-state index contributed by atoms with van der Waals surface area (Å²) in [7, 11) is 0. The fourth-order valence-electron chi connectivity index (χ4n) is 5.56. The van der Waals surface area contributed by atoms with Crippen LogP contribution in [0.2, 0.25) is 0 Å². The lowest BCUT2D eigenvalue weighted by molar-refractivity contribution is -0.00963. The summed E-state index contributed by atoms with van der Waals surface area (Å²) in [6, 6.07) is 0. The zero-order chi connectivity index (χ0) is 14.6. The molecule has 4 aliphatic carbocycles. The summed E-state index contributed by atoms with van der Waals surface area (Å²) in [5, 5.41) is 0. The molecule has 0 spiro atoms. The zero-order valence-electron chi connectivity index (χ0n) is 12.6. The molecule has 1 N–H and O–H groups in total. The Morgan fingerprint density at radius 1 is 1.19 bits per heavy atom. The molecule has 4 heteroatoms. The van der Waals surface area contributed by atoms with Crippen LogP contribution in [0.3, 0.4) is 0 Å². The lowest BCUT2D eigenvalue weighted by Crippen LogP contribution is -2.50. The maximum atomic E-state index is 12.3. The number of halogens is 1. The van der Waals surface area contributed by atoms with Gasteiger partial charge in [0.15, 0.2) is 0 Å². The summed E-state index contributed by atoms with van der Waals surface area (Å²) in [6.07, 6.45) is 9.89. The van der Waals surface area contributed by atoms with Crippen molar-refractivity contribution >= 4 is 15.9 Å². The highest BCUT2D eigenvalue weighted by molar-refractivity contribution is 9.10. The third-order valence-corrected chi connectivity index (χ3v) is 6.78. The second-order valence-electron chi connectivity index (χ2n) is 7.62. The molecule has 0 saturated heterocycles. The summed E-state index contributed by atoms with van der Waals surface area (Å²) < 4.78 is 0.637. The molecule has 21 heavy (non-hydrogen) atoms. The number of rotatable bonds is 3. The van der Waals surface area contributed by atoms with E-state index in [1.807, 2.05) is 0 Å². The molecule has 0 atom stereocenters. The second kappa shape index (κ2) is 4.94. The van der Waals surface area contributed by atoms with Gasteiger partial charge in [-0.3, -0.25) is 4.79 Å². The third kappa shape index (κ3) is 2.21. The van der Waals surface area contributed by atoms with E-state index in [9.17, 15) is 4.79 Å². The van der Waals surface area contributed by atoms with Gasteiger partial charge in [-0.05, 0) is 78.6 Å². The third-order valence-electron chi connectivity index (χ3n) is 5.96. The van der Waals surface area contributed by atoms with Gasteiger partial charge in [0.2, 0.25) is 0 Å². The average Bonchev–Trinajstić information content (AvgIpc) is 2.42. The molecule has 0 aromatic carbocycles. The SMILES string of the molecule is CCCc1nc(C23CC4CC(CC(C4)C2)C3)[nH]c(=O)c1Br. The van der Waals surface area contributed by atoms with Crippen LogP contribution in [0.5, 0.6) is 0 Å². The maximum Gasteiger partial charge on any atom is 0.265 e. The summed E-state index contributed by atoms with van der Waals surface area (Å²) in [5.41, 5.74) is 1.14. The van der Waals surface area contributed by atoms with Crippen LogP contribution in [-0.2, 0) is 11.8 Å². The maximum absolute atomic E-state index is 12.3. The van der Waals surface area contributed by atoms with Gasteiger partial charge in [0.25, 0.3) is 5.56 Å². The highest BCUT2D eigenvalue weighted by atomic mass is 79.9. The van der Waals surface area contributed by atoms with Gasteiger partial charge in [-0.2, -0.15) is 0 Å². The lowest BCUT2D eigenvalue weighted by Gasteiger charge is -2.56.